The SMILES string of the molecule is CCC(C)COc1c(F)cc(C=O)cc1F. The molecule has 0 amide bonds. The van der Waals surface area contributed by atoms with Gasteiger partial charge in [0.05, 0.1) is 6.61 Å². The summed E-state index contributed by atoms with van der Waals surface area (Å²) in [6.45, 7) is 4.15. The van der Waals surface area contributed by atoms with E-state index in [4.69, 9.17) is 4.74 Å². The second kappa shape index (κ2) is 5.58. The van der Waals surface area contributed by atoms with Crippen LogP contribution in [0.5, 0.6) is 5.75 Å². The van der Waals surface area contributed by atoms with E-state index in [1.807, 2.05) is 13.8 Å². The molecule has 2 nitrogen and oxygen atoms in total. The van der Waals surface area contributed by atoms with Crippen LogP contribution in [0.15, 0.2) is 12.1 Å². The van der Waals surface area contributed by atoms with Crippen LogP contribution in [0.4, 0.5) is 8.78 Å². The molecule has 1 aromatic rings. The molecule has 1 atom stereocenters. The predicted octanol–water partition coefficient (Wildman–Crippen LogP) is 3.20. The van der Waals surface area contributed by atoms with Crippen LogP contribution < -0.4 is 4.74 Å². The summed E-state index contributed by atoms with van der Waals surface area (Å²) in [7, 11) is 0. The second-order valence-electron chi connectivity index (χ2n) is 3.76. The van der Waals surface area contributed by atoms with E-state index < -0.39 is 17.4 Å². The number of carbonyl (C=O) groups is 1. The van der Waals surface area contributed by atoms with Gasteiger partial charge in [-0.1, -0.05) is 20.3 Å². The van der Waals surface area contributed by atoms with Crippen molar-refractivity contribution >= 4 is 6.29 Å². The van der Waals surface area contributed by atoms with Crippen molar-refractivity contribution in [3.8, 4) is 5.75 Å². The Labute approximate surface area is 93.2 Å². The highest BCUT2D eigenvalue weighted by Crippen LogP contribution is 2.23. The standard InChI is InChI=1S/C12H14F2O2/c1-3-8(2)7-16-12-10(13)4-9(6-15)5-11(12)14/h4-6,8H,3,7H2,1-2H3. The number of aldehydes is 1. The highest BCUT2D eigenvalue weighted by Gasteiger charge is 2.13. The number of hydrogen-bond donors (Lipinski definition) is 0. The third kappa shape index (κ3) is 3.02. The molecule has 88 valence electrons. The Balaban J connectivity index is 2.84. The summed E-state index contributed by atoms with van der Waals surface area (Å²) < 4.78 is 31.7. The van der Waals surface area contributed by atoms with E-state index in [2.05, 4.69) is 0 Å². The lowest BCUT2D eigenvalue weighted by atomic mass is 10.1. The van der Waals surface area contributed by atoms with E-state index in [1.165, 1.54) is 0 Å². The van der Waals surface area contributed by atoms with Gasteiger partial charge in [0.25, 0.3) is 0 Å². The van der Waals surface area contributed by atoms with Crippen molar-refractivity contribution in [3.63, 3.8) is 0 Å². The Bertz CT molecular complexity index is 354. The van der Waals surface area contributed by atoms with Crippen LogP contribution >= 0.6 is 0 Å². The zero-order valence-electron chi connectivity index (χ0n) is 9.30. The fraction of sp³-hybridized carbons (Fsp3) is 0.417. The van der Waals surface area contributed by atoms with Crippen molar-refractivity contribution in [3.05, 3.63) is 29.3 Å². The molecule has 0 spiro atoms. The van der Waals surface area contributed by atoms with Gasteiger partial charge in [-0.05, 0) is 18.1 Å². The minimum Gasteiger partial charge on any atom is -0.487 e. The first kappa shape index (κ1) is 12.6. The van der Waals surface area contributed by atoms with Crippen molar-refractivity contribution in [2.24, 2.45) is 5.92 Å². The Hall–Kier alpha value is -1.45. The van der Waals surface area contributed by atoms with E-state index in [0.717, 1.165) is 18.6 Å². The molecule has 0 aliphatic heterocycles. The number of rotatable bonds is 5. The molecule has 0 heterocycles. The second-order valence-corrected chi connectivity index (χ2v) is 3.76. The molecule has 1 unspecified atom stereocenters. The molecule has 1 rings (SSSR count). The van der Waals surface area contributed by atoms with Crippen molar-refractivity contribution in [2.45, 2.75) is 20.3 Å². The highest BCUT2D eigenvalue weighted by atomic mass is 19.1. The normalized spacial score (nSPS) is 12.2. The first-order chi connectivity index (χ1) is 7.58. The minimum absolute atomic E-state index is 0.0362. The molecular weight excluding hydrogens is 214 g/mol. The lowest BCUT2D eigenvalue weighted by Crippen LogP contribution is -2.09. The van der Waals surface area contributed by atoms with Crippen molar-refractivity contribution in [1.29, 1.82) is 0 Å². The summed E-state index contributed by atoms with van der Waals surface area (Å²) in [5.41, 5.74) is -0.0362. The Morgan fingerprint density at radius 2 is 1.94 bits per heavy atom. The first-order valence-electron chi connectivity index (χ1n) is 5.15. The molecular formula is C12H14F2O2. The van der Waals surface area contributed by atoms with Gasteiger partial charge in [0.2, 0.25) is 0 Å². The van der Waals surface area contributed by atoms with Crippen LogP contribution in [0.25, 0.3) is 0 Å². The number of hydrogen-bond acceptors (Lipinski definition) is 2. The average Bonchev–Trinajstić information content (AvgIpc) is 2.27. The monoisotopic (exact) mass is 228 g/mol. The number of carbonyl (C=O) groups excluding carboxylic acids is 1. The van der Waals surface area contributed by atoms with Gasteiger partial charge in [-0.25, -0.2) is 8.78 Å². The Morgan fingerprint density at radius 1 is 1.38 bits per heavy atom. The smallest absolute Gasteiger partial charge is 0.190 e. The number of benzene rings is 1. The first-order valence-corrected chi connectivity index (χ1v) is 5.15. The van der Waals surface area contributed by atoms with E-state index >= 15 is 0 Å². The van der Waals surface area contributed by atoms with Gasteiger partial charge in [-0.2, -0.15) is 0 Å². The molecule has 16 heavy (non-hydrogen) atoms. The molecule has 0 aliphatic carbocycles. The Morgan fingerprint density at radius 3 is 2.38 bits per heavy atom. The summed E-state index contributed by atoms with van der Waals surface area (Å²) >= 11 is 0. The number of ether oxygens (including phenoxy) is 1. The maximum absolute atomic E-state index is 13.3. The topological polar surface area (TPSA) is 26.3 Å². The van der Waals surface area contributed by atoms with Gasteiger partial charge >= 0.3 is 0 Å². The predicted molar refractivity (Wildman–Crippen MR) is 56.7 cm³/mol. The molecule has 0 saturated heterocycles. The van der Waals surface area contributed by atoms with Gasteiger partial charge in [0.15, 0.2) is 17.4 Å². The molecule has 0 aromatic heterocycles. The molecule has 0 fully saturated rings. The Kier molecular flexibility index (Phi) is 4.40. The van der Waals surface area contributed by atoms with E-state index in [1.54, 1.807) is 0 Å². The maximum Gasteiger partial charge on any atom is 0.190 e. The van der Waals surface area contributed by atoms with E-state index in [0.29, 0.717) is 6.29 Å². The van der Waals surface area contributed by atoms with Gasteiger partial charge in [0, 0.05) is 5.56 Å². The molecule has 0 bridgehead atoms. The van der Waals surface area contributed by atoms with Crippen LogP contribution in [0, 0.1) is 17.6 Å². The van der Waals surface area contributed by atoms with Crippen LogP contribution in [0.3, 0.4) is 0 Å². The molecule has 0 N–H and O–H groups in total. The fourth-order valence-corrected chi connectivity index (χ4v) is 1.13. The third-order valence-electron chi connectivity index (χ3n) is 2.37. The highest BCUT2D eigenvalue weighted by molar-refractivity contribution is 5.75. The summed E-state index contributed by atoms with van der Waals surface area (Å²) in [6.07, 6.45) is 1.26. The molecule has 0 radical (unpaired) electrons. The largest absolute Gasteiger partial charge is 0.487 e. The summed E-state index contributed by atoms with van der Waals surface area (Å²) in [5.74, 6) is -1.87. The zero-order chi connectivity index (χ0) is 12.1. The van der Waals surface area contributed by atoms with Crippen molar-refractivity contribution in [2.75, 3.05) is 6.61 Å². The average molecular weight is 228 g/mol. The summed E-state index contributed by atoms with van der Waals surface area (Å²) in [4.78, 5) is 10.4. The van der Waals surface area contributed by atoms with Crippen molar-refractivity contribution < 1.29 is 18.3 Å². The molecule has 1 aromatic carbocycles. The van der Waals surface area contributed by atoms with Crippen LogP contribution in [-0.2, 0) is 0 Å². The fourth-order valence-electron chi connectivity index (χ4n) is 1.13. The molecule has 4 heteroatoms. The molecule has 0 aliphatic rings. The van der Waals surface area contributed by atoms with Crippen LogP contribution in [-0.4, -0.2) is 12.9 Å². The van der Waals surface area contributed by atoms with E-state index in [-0.39, 0.29) is 18.1 Å². The lowest BCUT2D eigenvalue weighted by molar-refractivity contribution is 0.112. The van der Waals surface area contributed by atoms with Gasteiger partial charge in [0.1, 0.15) is 6.29 Å². The van der Waals surface area contributed by atoms with Gasteiger partial charge < -0.3 is 4.74 Å². The number of halogens is 2. The van der Waals surface area contributed by atoms with Crippen LogP contribution in [0.1, 0.15) is 30.6 Å². The third-order valence-corrected chi connectivity index (χ3v) is 2.37. The van der Waals surface area contributed by atoms with Gasteiger partial charge in [-0.15, -0.1) is 0 Å². The minimum atomic E-state index is -0.842. The summed E-state index contributed by atoms with van der Waals surface area (Å²) in [5, 5.41) is 0. The van der Waals surface area contributed by atoms with Gasteiger partial charge in [-0.3, -0.25) is 4.79 Å². The summed E-state index contributed by atoms with van der Waals surface area (Å²) in [6, 6.07) is 1.92. The zero-order valence-corrected chi connectivity index (χ0v) is 9.30. The lowest BCUT2D eigenvalue weighted by Gasteiger charge is -2.12. The van der Waals surface area contributed by atoms with Crippen molar-refractivity contribution in [1.82, 2.24) is 0 Å². The quantitative estimate of drug-likeness (QED) is 0.723. The van der Waals surface area contributed by atoms with E-state index in [9.17, 15) is 13.6 Å². The van der Waals surface area contributed by atoms with Crippen LogP contribution in [0.2, 0.25) is 0 Å². The maximum atomic E-state index is 13.3. The molecule has 0 saturated carbocycles.